The number of para-hydroxylation sites is 2. The first-order chi connectivity index (χ1) is 12.5. The highest BCUT2D eigenvalue weighted by Gasteiger charge is 2.14. The van der Waals surface area contributed by atoms with Crippen LogP contribution in [0.4, 0.5) is 11.4 Å². The van der Waals surface area contributed by atoms with E-state index < -0.39 is 5.91 Å². The number of nitrogens with zero attached hydrogens (tertiary/aromatic N) is 1. The Bertz CT molecular complexity index is 962. The van der Waals surface area contributed by atoms with Crippen LogP contribution >= 0.6 is 23.2 Å². The molecule has 0 bridgehead atoms. The highest BCUT2D eigenvalue weighted by atomic mass is 35.5. The molecule has 1 aromatic heterocycles. The quantitative estimate of drug-likeness (QED) is 0.671. The van der Waals surface area contributed by atoms with Gasteiger partial charge < -0.3 is 10.6 Å². The van der Waals surface area contributed by atoms with Crippen LogP contribution in [-0.2, 0) is 0 Å². The molecule has 3 aromatic rings. The van der Waals surface area contributed by atoms with Gasteiger partial charge in [-0.1, -0.05) is 35.3 Å². The van der Waals surface area contributed by atoms with Crippen molar-refractivity contribution in [1.29, 1.82) is 0 Å². The number of amides is 2. The van der Waals surface area contributed by atoms with Crippen molar-refractivity contribution in [2.75, 3.05) is 10.6 Å². The topological polar surface area (TPSA) is 71.1 Å². The van der Waals surface area contributed by atoms with Crippen molar-refractivity contribution in [3.8, 4) is 0 Å². The molecule has 0 aliphatic carbocycles. The van der Waals surface area contributed by atoms with Crippen LogP contribution in [0.1, 0.15) is 20.7 Å². The van der Waals surface area contributed by atoms with Crippen molar-refractivity contribution >= 4 is 46.4 Å². The fourth-order valence-corrected chi connectivity index (χ4v) is 2.63. The fourth-order valence-electron chi connectivity index (χ4n) is 2.25. The fraction of sp³-hybridized carbons (Fsp3) is 0. The molecular formula is C19H13Cl2N3O2. The van der Waals surface area contributed by atoms with E-state index in [2.05, 4.69) is 15.6 Å². The number of benzene rings is 2. The Morgan fingerprint density at radius 2 is 1.54 bits per heavy atom. The Balaban J connectivity index is 1.82. The second-order valence-corrected chi connectivity index (χ2v) is 6.16. The first-order valence-electron chi connectivity index (χ1n) is 7.61. The van der Waals surface area contributed by atoms with Crippen LogP contribution in [0.25, 0.3) is 0 Å². The minimum atomic E-state index is -0.430. The Morgan fingerprint density at radius 1 is 0.846 bits per heavy atom. The van der Waals surface area contributed by atoms with Gasteiger partial charge in [0.2, 0.25) is 0 Å². The van der Waals surface area contributed by atoms with Crippen LogP contribution < -0.4 is 10.6 Å². The van der Waals surface area contributed by atoms with Gasteiger partial charge >= 0.3 is 0 Å². The van der Waals surface area contributed by atoms with Gasteiger partial charge in [0.25, 0.3) is 11.8 Å². The molecule has 2 N–H and O–H groups in total. The Labute approximate surface area is 160 Å². The summed E-state index contributed by atoms with van der Waals surface area (Å²) in [4.78, 5) is 28.8. The van der Waals surface area contributed by atoms with E-state index in [-0.39, 0.29) is 16.5 Å². The number of halogens is 2. The molecule has 2 aromatic carbocycles. The van der Waals surface area contributed by atoms with Crippen LogP contribution in [0.15, 0.2) is 67.0 Å². The van der Waals surface area contributed by atoms with Crippen molar-refractivity contribution in [2.24, 2.45) is 0 Å². The maximum atomic E-state index is 12.5. The zero-order valence-electron chi connectivity index (χ0n) is 13.4. The van der Waals surface area contributed by atoms with Gasteiger partial charge in [-0.3, -0.25) is 14.6 Å². The molecule has 130 valence electrons. The van der Waals surface area contributed by atoms with Gasteiger partial charge in [-0.25, -0.2) is 0 Å². The van der Waals surface area contributed by atoms with Gasteiger partial charge in [-0.2, -0.15) is 0 Å². The van der Waals surface area contributed by atoms with Crippen molar-refractivity contribution in [2.45, 2.75) is 0 Å². The van der Waals surface area contributed by atoms with Crippen LogP contribution in [0, 0.1) is 0 Å². The number of anilines is 2. The normalized spacial score (nSPS) is 10.2. The number of carbonyl (C=O) groups is 2. The van der Waals surface area contributed by atoms with Gasteiger partial charge in [0, 0.05) is 17.4 Å². The second kappa shape index (κ2) is 7.99. The lowest BCUT2D eigenvalue weighted by atomic mass is 10.2. The Kier molecular flexibility index (Phi) is 5.51. The minimum absolute atomic E-state index is 0.243. The van der Waals surface area contributed by atoms with E-state index in [9.17, 15) is 9.59 Å². The van der Waals surface area contributed by atoms with E-state index in [0.29, 0.717) is 22.0 Å². The van der Waals surface area contributed by atoms with Crippen molar-refractivity contribution < 1.29 is 9.59 Å². The van der Waals surface area contributed by atoms with Crippen molar-refractivity contribution in [3.05, 3.63) is 88.2 Å². The minimum Gasteiger partial charge on any atom is -0.320 e. The molecule has 1 heterocycles. The van der Waals surface area contributed by atoms with Crippen LogP contribution in [0.3, 0.4) is 0 Å². The van der Waals surface area contributed by atoms with Crippen molar-refractivity contribution in [1.82, 2.24) is 4.98 Å². The summed E-state index contributed by atoms with van der Waals surface area (Å²) >= 11 is 12.0. The van der Waals surface area contributed by atoms with Gasteiger partial charge in [-0.05, 0) is 42.5 Å². The van der Waals surface area contributed by atoms with Crippen LogP contribution in [0.5, 0.6) is 0 Å². The number of carbonyl (C=O) groups excluding carboxylic acids is 2. The SMILES string of the molecule is O=C(Nc1ccccc1NC(=O)c1cc(Cl)ccc1Cl)c1cccnc1. The zero-order chi connectivity index (χ0) is 18.5. The number of aromatic nitrogens is 1. The lowest BCUT2D eigenvalue weighted by Crippen LogP contribution is -2.17. The first-order valence-corrected chi connectivity index (χ1v) is 8.37. The number of hydrogen-bond acceptors (Lipinski definition) is 3. The summed E-state index contributed by atoms with van der Waals surface area (Å²) in [6.07, 6.45) is 3.04. The molecule has 3 rings (SSSR count). The summed E-state index contributed by atoms with van der Waals surface area (Å²) in [5, 5.41) is 6.18. The van der Waals surface area contributed by atoms with Crippen LogP contribution in [-0.4, -0.2) is 16.8 Å². The number of rotatable bonds is 4. The number of pyridine rings is 1. The van der Waals surface area contributed by atoms with Crippen molar-refractivity contribution in [3.63, 3.8) is 0 Å². The first kappa shape index (κ1) is 17.9. The van der Waals surface area contributed by atoms with E-state index in [1.165, 1.54) is 12.3 Å². The van der Waals surface area contributed by atoms with Crippen LogP contribution in [0.2, 0.25) is 10.0 Å². The molecule has 7 heteroatoms. The Hall–Kier alpha value is -2.89. The molecule has 26 heavy (non-hydrogen) atoms. The van der Waals surface area contributed by atoms with E-state index in [0.717, 1.165) is 0 Å². The summed E-state index contributed by atoms with van der Waals surface area (Å²) in [5.41, 5.74) is 1.54. The molecule has 0 spiro atoms. The lowest BCUT2D eigenvalue weighted by Gasteiger charge is -2.13. The Morgan fingerprint density at radius 3 is 2.19 bits per heavy atom. The molecule has 0 fully saturated rings. The summed E-state index contributed by atoms with van der Waals surface area (Å²) in [6, 6.07) is 14.8. The third-order valence-corrected chi connectivity index (χ3v) is 4.08. The molecule has 0 aliphatic rings. The van der Waals surface area contributed by atoms with Gasteiger partial charge in [0.15, 0.2) is 0 Å². The predicted octanol–water partition coefficient (Wildman–Crippen LogP) is 4.89. The second-order valence-electron chi connectivity index (χ2n) is 5.32. The standard InChI is InChI=1S/C19H13Cl2N3O2/c20-13-7-8-15(21)14(10-13)19(26)24-17-6-2-1-5-16(17)23-18(25)12-4-3-9-22-11-12/h1-11H,(H,23,25)(H,24,26). The maximum Gasteiger partial charge on any atom is 0.257 e. The smallest absolute Gasteiger partial charge is 0.257 e. The average molecular weight is 386 g/mol. The predicted molar refractivity (Wildman–Crippen MR) is 103 cm³/mol. The van der Waals surface area contributed by atoms with E-state index in [1.54, 1.807) is 54.7 Å². The van der Waals surface area contributed by atoms with Gasteiger partial charge in [-0.15, -0.1) is 0 Å². The summed E-state index contributed by atoms with van der Waals surface area (Å²) in [5.74, 6) is -0.763. The summed E-state index contributed by atoms with van der Waals surface area (Å²) in [6.45, 7) is 0. The largest absolute Gasteiger partial charge is 0.320 e. The molecule has 5 nitrogen and oxygen atoms in total. The highest BCUT2D eigenvalue weighted by Crippen LogP contribution is 2.25. The zero-order valence-corrected chi connectivity index (χ0v) is 14.9. The monoisotopic (exact) mass is 385 g/mol. The number of hydrogen-bond donors (Lipinski definition) is 2. The molecule has 0 saturated carbocycles. The average Bonchev–Trinajstić information content (AvgIpc) is 2.66. The molecule has 0 aliphatic heterocycles. The summed E-state index contributed by atoms with van der Waals surface area (Å²) in [7, 11) is 0. The maximum absolute atomic E-state index is 12.5. The summed E-state index contributed by atoms with van der Waals surface area (Å²) < 4.78 is 0. The number of nitrogens with one attached hydrogen (secondary N) is 2. The molecule has 0 radical (unpaired) electrons. The van der Waals surface area contributed by atoms with E-state index >= 15 is 0 Å². The molecule has 2 amide bonds. The molecule has 0 atom stereocenters. The molecule has 0 saturated heterocycles. The molecule has 0 unspecified atom stereocenters. The highest BCUT2D eigenvalue weighted by molar-refractivity contribution is 6.36. The third kappa shape index (κ3) is 4.20. The lowest BCUT2D eigenvalue weighted by molar-refractivity contribution is 0.101. The van der Waals surface area contributed by atoms with E-state index in [4.69, 9.17) is 23.2 Å². The van der Waals surface area contributed by atoms with E-state index in [1.807, 2.05) is 0 Å². The van der Waals surface area contributed by atoms with Gasteiger partial charge in [0.05, 0.1) is 27.5 Å². The third-order valence-electron chi connectivity index (χ3n) is 3.52. The van der Waals surface area contributed by atoms with Gasteiger partial charge in [0.1, 0.15) is 0 Å². The molecular weight excluding hydrogens is 373 g/mol.